The van der Waals surface area contributed by atoms with E-state index in [1.807, 2.05) is 27.7 Å². The van der Waals surface area contributed by atoms with E-state index in [4.69, 9.17) is 5.11 Å². The summed E-state index contributed by atoms with van der Waals surface area (Å²) < 4.78 is 0. The summed E-state index contributed by atoms with van der Waals surface area (Å²) in [5.41, 5.74) is 0. The van der Waals surface area contributed by atoms with Crippen molar-refractivity contribution in [3.8, 4) is 0 Å². The van der Waals surface area contributed by atoms with Crippen molar-refractivity contribution in [1.82, 2.24) is 5.32 Å². The second-order valence-electron chi connectivity index (χ2n) is 2.21. The van der Waals surface area contributed by atoms with Crippen molar-refractivity contribution in [3.05, 3.63) is 0 Å². The zero-order valence-electron chi connectivity index (χ0n) is 10.4. The summed E-state index contributed by atoms with van der Waals surface area (Å²) in [4.78, 5) is 10.6. The Balaban J connectivity index is -0.000000266. The fraction of sp³-hybridized carbons (Fsp3) is 0.909. The van der Waals surface area contributed by atoms with E-state index in [-0.39, 0.29) is 12.5 Å². The average molecular weight is 205 g/mol. The van der Waals surface area contributed by atoms with Crippen LogP contribution in [-0.2, 0) is 4.79 Å². The molecule has 0 heterocycles. The topological polar surface area (TPSA) is 49.3 Å². The Labute approximate surface area is 88.9 Å². The van der Waals surface area contributed by atoms with Gasteiger partial charge in [-0.2, -0.15) is 0 Å². The molecule has 2 N–H and O–H groups in total. The second-order valence-corrected chi connectivity index (χ2v) is 2.21. The van der Waals surface area contributed by atoms with E-state index in [1.54, 1.807) is 7.05 Å². The Morgan fingerprint density at radius 3 is 1.93 bits per heavy atom. The molecule has 3 nitrogen and oxygen atoms in total. The largest absolute Gasteiger partial charge is 0.396 e. The fourth-order valence-electron chi connectivity index (χ4n) is 0.699. The van der Waals surface area contributed by atoms with Crippen LogP contribution < -0.4 is 5.32 Å². The lowest BCUT2D eigenvalue weighted by atomic mass is 10.2. The number of hydrogen-bond donors (Lipinski definition) is 2. The molecule has 0 spiro atoms. The maximum atomic E-state index is 10.6. The van der Waals surface area contributed by atoms with Crippen LogP contribution in [0.5, 0.6) is 0 Å². The van der Waals surface area contributed by atoms with Crippen LogP contribution in [0.15, 0.2) is 0 Å². The lowest BCUT2D eigenvalue weighted by molar-refractivity contribution is -0.120. The molecule has 0 aromatic carbocycles. The minimum Gasteiger partial charge on any atom is -0.396 e. The monoisotopic (exact) mass is 205 g/mol. The van der Waals surface area contributed by atoms with E-state index >= 15 is 0 Å². The van der Waals surface area contributed by atoms with E-state index in [0.29, 0.717) is 6.42 Å². The van der Waals surface area contributed by atoms with Gasteiger partial charge in [-0.25, -0.2) is 0 Å². The van der Waals surface area contributed by atoms with Crippen molar-refractivity contribution < 1.29 is 9.90 Å². The molecule has 0 radical (unpaired) electrons. The van der Waals surface area contributed by atoms with Crippen LogP contribution in [0.2, 0.25) is 0 Å². The van der Waals surface area contributed by atoms with Gasteiger partial charge in [0.2, 0.25) is 5.91 Å². The van der Waals surface area contributed by atoms with E-state index in [0.717, 1.165) is 19.3 Å². The van der Waals surface area contributed by atoms with Gasteiger partial charge in [0.15, 0.2) is 0 Å². The molecule has 88 valence electrons. The van der Waals surface area contributed by atoms with Gasteiger partial charge in [0.25, 0.3) is 0 Å². The lowest BCUT2D eigenvalue weighted by Gasteiger charge is -1.97. The number of aliphatic hydroxyl groups is 1. The normalized spacial score (nSPS) is 7.57. The molecule has 0 aliphatic heterocycles. The van der Waals surface area contributed by atoms with E-state index < -0.39 is 0 Å². The first-order valence-electron chi connectivity index (χ1n) is 5.62. The number of amides is 1. The summed E-state index contributed by atoms with van der Waals surface area (Å²) in [6.45, 7) is 8.23. The molecule has 0 saturated carbocycles. The van der Waals surface area contributed by atoms with Gasteiger partial charge in [-0.05, 0) is 12.8 Å². The molecule has 0 saturated heterocycles. The predicted molar refractivity (Wildman–Crippen MR) is 62.3 cm³/mol. The molecule has 0 aromatic heterocycles. The highest BCUT2D eigenvalue weighted by Crippen LogP contribution is 1.97. The highest BCUT2D eigenvalue weighted by molar-refractivity contribution is 5.75. The third kappa shape index (κ3) is 22.5. The van der Waals surface area contributed by atoms with Gasteiger partial charge in [0.05, 0.1) is 0 Å². The summed E-state index contributed by atoms with van der Waals surface area (Å²) in [6.07, 6.45) is 3.19. The van der Waals surface area contributed by atoms with Crippen LogP contribution in [0.4, 0.5) is 0 Å². The van der Waals surface area contributed by atoms with Crippen LogP contribution in [0.3, 0.4) is 0 Å². The van der Waals surface area contributed by atoms with Gasteiger partial charge in [-0.15, -0.1) is 0 Å². The van der Waals surface area contributed by atoms with Gasteiger partial charge >= 0.3 is 0 Å². The Bertz CT molecular complexity index is 95.3. The molecule has 0 fully saturated rings. The van der Waals surface area contributed by atoms with Crippen molar-refractivity contribution in [2.45, 2.75) is 53.4 Å². The van der Waals surface area contributed by atoms with Gasteiger partial charge in [-0.1, -0.05) is 34.1 Å². The van der Waals surface area contributed by atoms with Crippen LogP contribution in [0, 0.1) is 0 Å². The minimum absolute atomic E-state index is 0.0814. The van der Waals surface area contributed by atoms with E-state index in [1.165, 1.54) is 0 Å². The van der Waals surface area contributed by atoms with Gasteiger partial charge in [-0.3, -0.25) is 4.79 Å². The number of rotatable bonds is 5. The van der Waals surface area contributed by atoms with Crippen molar-refractivity contribution in [3.63, 3.8) is 0 Å². The molecular formula is C11H27NO2. The average Bonchev–Trinajstić information content (AvgIpc) is 2.29. The molecule has 0 bridgehead atoms. The minimum atomic E-state index is 0.0814. The first-order chi connectivity index (χ1) is 6.81. The quantitative estimate of drug-likeness (QED) is 0.677. The SMILES string of the molecule is CC.CC.CNC(=O)CCCCCO. The highest BCUT2D eigenvalue weighted by atomic mass is 16.2. The Morgan fingerprint density at radius 1 is 1.07 bits per heavy atom. The van der Waals surface area contributed by atoms with Crippen molar-refractivity contribution in [1.29, 1.82) is 0 Å². The van der Waals surface area contributed by atoms with Crippen LogP contribution >= 0.6 is 0 Å². The van der Waals surface area contributed by atoms with Crippen LogP contribution in [-0.4, -0.2) is 24.7 Å². The lowest BCUT2D eigenvalue weighted by Crippen LogP contribution is -2.16. The summed E-state index contributed by atoms with van der Waals surface area (Å²) in [5, 5.41) is 10.9. The summed E-state index contributed by atoms with van der Waals surface area (Å²) in [5.74, 6) is 0.0814. The highest BCUT2D eigenvalue weighted by Gasteiger charge is 1.95. The van der Waals surface area contributed by atoms with Crippen LogP contribution in [0.25, 0.3) is 0 Å². The summed E-state index contributed by atoms with van der Waals surface area (Å²) in [7, 11) is 1.63. The third-order valence-electron chi connectivity index (χ3n) is 1.34. The van der Waals surface area contributed by atoms with Gasteiger partial charge in [0, 0.05) is 20.1 Å². The summed E-state index contributed by atoms with van der Waals surface area (Å²) in [6, 6.07) is 0. The molecular weight excluding hydrogens is 178 g/mol. The zero-order chi connectivity index (χ0) is 11.8. The smallest absolute Gasteiger partial charge is 0.219 e. The molecule has 0 aromatic rings. The molecule has 14 heavy (non-hydrogen) atoms. The maximum Gasteiger partial charge on any atom is 0.219 e. The van der Waals surface area contributed by atoms with E-state index in [9.17, 15) is 4.79 Å². The standard InChI is InChI=1S/C7H15NO2.2C2H6/c1-8-7(10)5-3-2-4-6-9;2*1-2/h9H,2-6H2,1H3,(H,8,10);2*1-2H3. The Hall–Kier alpha value is -0.570. The molecule has 0 unspecified atom stereocenters. The van der Waals surface area contributed by atoms with Crippen molar-refractivity contribution in [2.24, 2.45) is 0 Å². The number of aliphatic hydroxyl groups excluding tert-OH is 1. The van der Waals surface area contributed by atoms with Crippen LogP contribution in [0.1, 0.15) is 53.4 Å². The van der Waals surface area contributed by atoms with Crippen molar-refractivity contribution >= 4 is 5.91 Å². The number of carbonyl (C=O) groups is 1. The first-order valence-corrected chi connectivity index (χ1v) is 5.62. The molecule has 0 atom stereocenters. The van der Waals surface area contributed by atoms with E-state index in [2.05, 4.69) is 5.32 Å². The number of nitrogens with one attached hydrogen (secondary N) is 1. The summed E-state index contributed by atoms with van der Waals surface area (Å²) >= 11 is 0. The van der Waals surface area contributed by atoms with Gasteiger partial charge in [0.1, 0.15) is 0 Å². The second kappa shape index (κ2) is 22.9. The molecule has 0 rings (SSSR count). The predicted octanol–water partition coefficient (Wildman–Crippen LogP) is 2.34. The van der Waals surface area contributed by atoms with Gasteiger partial charge < -0.3 is 10.4 Å². The third-order valence-corrected chi connectivity index (χ3v) is 1.34. The Kier molecular flexibility index (Phi) is 31.1. The number of hydrogen-bond acceptors (Lipinski definition) is 2. The van der Waals surface area contributed by atoms with Crippen molar-refractivity contribution in [2.75, 3.05) is 13.7 Å². The fourth-order valence-corrected chi connectivity index (χ4v) is 0.699. The number of carbonyl (C=O) groups excluding carboxylic acids is 1. The molecule has 0 aliphatic rings. The maximum absolute atomic E-state index is 10.6. The zero-order valence-corrected chi connectivity index (χ0v) is 10.4. The molecule has 0 aliphatic carbocycles. The number of unbranched alkanes of at least 4 members (excludes halogenated alkanes) is 2. The molecule has 3 heteroatoms. The Morgan fingerprint density at radius 2 is 1.57 bits per heavy atom. The molecule has 1 amide bonds. The first kappa shape index (κ1) is 19.1.